The normalized spacial score (nSPS) is 12.0. The van der Waals surface area contributed by atoms with Gasteiger partial charge in [-0.05, 0) is 80.2 Å². The van der Waals surface area contributed by atoms with Crippen molar-refractivity contribution in [2.45, 2.75) is 138 Å². The van der Waals surface area contributed by atoms with Crippen molar-refractivity contribution in [1.82, 2.24) is 41.5 Å². The minimum atomic E-state index is -1.43. The summed E-state index contributed by atoms with van der Waals surface area (Å²) in [5.41, 5.74) is 11.4. The second-order valence-corrected chi connectivity index (χ2v) is 18.9. The number of amides is 7. The molecule has 0 radical (unpaired) electrons. The summed E-state index contributed by atoms with van der Waals surface area (Å²) < 4.78 is 30.9. The molecule has 0 bridgehead atoms. The molecule has 0 spiro atoms. The van der Waals surface area contributed by atoms with Gasteiger partial charge in [-0.25, -0.2) is 9.37 Å². The number of nitrogens with one attached hydrogen (secondary N) is 6. The summed E-state index contributed by atoms with van der Waals surface area (Å²) in [7, 11) is 1.46. The van der Waals surface area contributed by atoms with Gasteiger partial charge in [0, 0.05) is 67.6 Å². The van der Waals surface area contributed by atoms with E-state index in [-0.39, 0.29) is 86.3 Å². The van der Waals surface area contributed by atoms with E-state index in [1.165, 1.54) is 13.2 Å². The Labute approximate surface area is 480 Å². The van der Waals surface area contributed by atoms with Gasteiger partial charge in [-0.1, -0.05) is 78.3 Å². The summed E-state index contributed by atoms with van der Waals surface area (Å²) in [4.78, 5) is 109. The third-order valence-electron chi connectivity index (χ3n) is 12.5. The van der Waals surface area contributed by atoms with E-state index in [9.17, 15) is 52.6 Å². The largest absolute Gasteiger partial charge is 0.381 e. The summed E-state index contributed by atoms with van der Waals surface area (Å²) in [6, 6.07) is 11.7. The maximum Gasteiger partial charge on any atom is 0.257 e. The average molecular weight is 1150 g/mol. The number of primary amides is 1. The molecular formula is C59H86FN9O13. The minimum Gasteiger partial charge on any atom is -0.381 e. The number of ether oxygens (including phenoxy) is 3. The molecular weight excluding hydrogens is 1060 g/mol. The van der Waals surface area contributed by atoms with Crippen LogP contribution < -0.4 is 43.2 Å². The molecule has 0 saturated carbocycles. The standard InChI is InChI=1S/C26H41N5O5.C23H21FN2O4.C6H12N2O4.2C2H6/c1-4-27-26(36)21(16-20-11-7-5-8-12-20)31-25(35)18-30-24(34)17-29-22(32)13-9-6-10-14-28-23(33)15-19(2)3;1-11-12-4-3-5-13-15-8-26-19(22(15)25-18(21(12)13)7-17(11)24)6-14(20(28)9-27)16(10-30-2)23(26)29;7-6(10)3-11-1-2-12-5-8-4-9;2*1-2/h5,7-8,11-12,19,21H,4,6,9-10,13-18H2,1-3H3,(H,27,36)(H,28,33)(H,29,32)(H,30,34)(H,31,35);6-7,9,20,28H,3-5,8,10H2,1-2H3;4H,1-3,5H2,(H2,7,10)(H,8,9);2*1-2H3. The van der Waals surface area contributed by atoms with Crippen LogP contribution in [0, 0.1) is 18.7 Å². The van der Waals surface area contributed by atoms with Gasteiger partial charge in [0.05, 0.1) is 56.4 Å². The maximum atomic E-state index is 14.5. The van der Waals surface area contributed by atoms with Crippen LogP contribution in [-0.2, 0) is 85.0 Å². The zero-order valence-electron chi connectivity index (χ0n) is 49.1. The third-order valence-corrected chi connectivity index (χ3v) is 12.5. The van der Waals surface area contributed by atoms with Gasteiger partial charge in [-0.3, -0.25) is 38.4 Å². The number of likely N-dealkylation sites (N-methyl/N-ethyl adjacent to an activating group) is 1. The van der Waals surface area contributed by atoms with Crippen LogP contribution in [0.15, 0.2) is 47.3 Å². The average Bonchev–Trinajstić information content (AvgIpc) is 4.03. The van der Waals surface area contributed by atoms with Gasteiger partial charge in [0.25, 0.3) is 5.56 Å². The van der Waals surface area contributed by atoms with E-state index in [4.69, 9.17) is 24.9 Å². The number of rotatable bonds is 29. The van der Waals surface area contributed by atoms with Gasteiger partial charge in [-0.2, -0.15) is 0 Å². The van der Waals surface area contributed by atoms with Crippen LogP contribution in [0.3, 0.4) is 0 Å². The highest BCUT2D eigenvalue weighted by atomic mass is 19.1. The molecule has 2 atom stereocenters. The number of methoxy groups -OCH3 is 1. The molecule has 6 rings (SSSR count). The van der Waals surface area contributed by atoms with E-state index in [1.807, 2.05) is 71.9 Å². The number of halogens is 1. The Bertz CT molecular complexity index is 2780. The van der Waals surface area contributed by atoms with E-state index in [0.29, 0.717) is 86.6 Å². The summed E-state index contributed by atoms with van der Waals surface area (Å²) in [5, 5.41) is 26.7. The van der Waals surface area contributed by atoms with Gasteiger partial charge >= 0.3 is 0 Å². The predicted molar refractivity (Wildman–Crippen MR) is 309 cm³/mol. The predicted octanol–water partition coefficient (Wildman–Crippen LogP) is 3.81. The van der Waals surface area contributed by atoms with Crippen molar-refractivity contribution in [3.05, 3.63) is 97.6 Å². The van der Waals surface area contributed by atoms with E-state index < -0.39 is 29.9 Å². The number of benzene rings is 2. The molecule has 82 heavy (non-hydrogen) atoms. The lowest BCUT2D eigenvalue weighted by Crippen LogP contribution is -2.51. The van der Waals surface area contributed by atoms with Crippen molar-refractivity contribution in [1.29, 1.82) is 0 Å². The molecule has 0 saturated heterocycles. The first-order valence-electron chi connectivity index (χ1n) is 28.0. The summed E-state index contributed by atoms with van der Waals surface area (Å²) in [6.07, 6.45) is 5.41. The third kappa shape index (κ3) is 23.2. The molecule has 452 valence electrons. The van der Waals surface area contributed by atoms with Crippen molar-refractivity contribution in [2.75, 3.05) is 59.8 Å². The van der Waals surface area contributed by atoms with Crippen molar-refractivity contribution in [3.63, 3.8) is 0 Å². The Kier molecular flexibility index (Phi) is 33.6. The Morgan fingerprint density at radius 3 is 2.17 bits per heavy atom. The quantitative estimate of drug-likeness (QED) is 0.0192. The lowest BCUT2D eigenvalue weighted by molar-refractivity contribution is -0.130. The number of pyridine rings is 2. The number of carbonyl (C=O) groups is 8. The van der Waals surface area contributed by atoms with Crippen molar-refractivity contribution in [2.24, 2.45) is 11.7 Å². The smallest absolute Gasteiger partial charge is 0.257 e. The number of fused-ring (bicyclic) bond motifs is 4. The Balaban J connectivity index is 0.000000448. The highest BCUT2D eigenvalue weighted by molar-refractivity contribution is 5.93. The molecule has 9 N–H and O–H groups in total. The molecule has 3 heterocycles. The zero-order chi connectivity index (χ0) is 61.1. The number of carbonyl (C=O) groups excluding carboxylic acids is 8. The van der Waals surface area contributed by atoms with E-state index >= 15 is 0 Å². The molecule has 23 heteroatoms. The van der Waals surface area contributed by atoms with E-state index in [2.05, 4.69) is 31.9 Å². The lowest BCUT2D eigenvalue weighted by atomic mass is 9.85. The second kappa shape index (κ2) is 39.0. The molecule has 1 aliphatic carbocycles. The number of aromatic nitrogens is 2. The van der Waals surface area contributed by atoms with Crippen molar-refractivity contribution >= 4 is 59.0 Å². The molecule has 22 nitrogen and oxygen atoms in total. The van der Waals surface area contributed by atoms with Gasteiger partial charge in [-0.15, -0.1) is 0 Å². The molecule has 7 amide bonds. The number of hydrogen-bond acceptors (Lipinski definition) is 14. The number of nitrogens with zero attached hydrogens (tertiary/aromatic N) is 2. The number of nitrogens with two attached hydrogens (primary N) is 1. The molecule has 2 aliphatic rings. The van der Waals surface area contributed by atoms with Crippen LogP contribution in [0.1, 0.15) is 132 Å². The van der Waals surface area contributed by atoms with Crippen molar-refractivity contribution in [3.8, 4) is 11.4 Å². The van der Waals surface area contributed by atoms with Gasteiger partial charge in [0.2, 0.25) is 41.9 Å². The van der Waals surface area contributed by atoms with Crippen LogP contribution >= 0.6 is 0 Å². The number of aliphatic hydroxyl groups is 1. The molecule has 4 aromatic rings. The number of unbranched alkanes of at least 4 members (excludes halogenated alkanes) is 2. The maximum absolute atomic E-state index is 14.5. The van der Waals surface area contributed by atoms with E-state index in [1.54, 1.807) is 24.5 Å². The van der Waals surface area contributed by atoms with Gasteiger partial charge in [0.1, 0.15) is 31.3 Å². The Hall–Kier alpha value is -7.47. The van der Waals surface area contributed by atoms with Crippen LogP contribution in [0.2, 0.25) is 0 Å². The Morgan fingerprint density at radius 2 is 1.52 bits per heavy atom. The first-order chi connectivity index (χ1) is 39.4. The first kappa shape index (κ1) is 70.6. The Morgan fingerprint density at radius 1 is 0.854 bits per heavy atom. The minimum absolute atomic E-state index is 0.00743. The van der Waals surface area contributed by atoms with E-state index in [0.717, 1.165) is 59.7 Å². The number of hydrogen-bond donors (Lipinski definition) is 8. The fourth-order valence-electron chi connectivity index (χ4n) is 8.78. The lowest BCUT2D eigenvalue weighted by Gasteiger charge is -2.21. The first-order valence-corrected chi connectivity index (χ1v) is 28.0. The van der Waals surface area contributed by atoms with Gasteiger partial charge in [0.15, 0.2) is 6.29 Å². The molecule has 2 aromatic heterocycles. The molecule has 2 aromatic carbocycles. The second-order valence-electron chi connectivity index (χ2n) is 18.9. The number of aldehydes is 1. The summed E-state index contributed by atoms with van der Waals surface area (Å²) >= 11 is 0. The highest BCUT2D eigenvalue weighted by Crippen LogP contribution is 2.41. The SMILES string of the molecule is CC.CC.CCNC(=O)C(Cc1ccccc1)NC(=O)CNC(=O)CNC(=O)CCCCCNC(=O)CC(C)C.COCc1c(C(O)C=O)cc2n(c1=O)Cc1c-2nc2cc(F)c(C)c3c2c1CCC3.NC(=O)COCCOCNC=O. The van der Waals surface area contributed by atoms with Crippen molar-refractivity contribution < 1.29 is 62.1 Å². The van der Waals surface area contributed by atoms with Crippen LogP contribution in [-0.4, -0.2) is 129 Å². The number of aliphatic hydroxyl groups excluding tert-OH is 1. The topological polar surface area (TPSA) is 318 Å². The molecule has 1 aliphatic heterocycles. The molecule has 0 fully saturated rings. The van der Waals surface area contributed by atoms with Gasteiger partial charge < -0.3 is 66.3 Å². The summed E-state index contributed by atoms with van der Waals surface area (Å²) in [6.45, 7) is 17.1. The fourth-order valence-corrected chi connectivity index (χ4v) is 8.78. The molecule has 2 unspecified atom stereocenters. The summed E-state index contributed by atoms with van der Waals surface area (Å²) in [5.74, 6) is -1.97. The van der Waals surface area contributed by atoms with Crippen LogP contribution in [0.25, 0.3) is 22.3 Å². The number of aryl methyl sites for hydroxylation is 2. The zero-order valence-corrected chi connectivity index (χ0v) is 49.1. The van der Waals surface area contributed by atoms with Crippen LogP contribution in [0.5, 0.6) is 0 Å². The fraction of sp³-hybridized carbons (Fsp3) is 0.525. The monoisotopic (exact) mass is 1150 g/mol. The highest BCUT2D eigenvalue weighted by Gasteiger charge is 2.32. The van der Waals surface area contributed by atoms with Crippen LogP contribution in [0.4, 0.5) is 4.39 Å².